The highest BCUT2D eigenvalue weighted by atomic mass is 31.2. The highest BCUT2D eigenvalue weighted by Crippen LogP contribution is 2.67. The molecule has 4 amide bonds. The van der Waals surface area contributed by atoms with Gasteiger partial charge in [-0.05, 0) is 115 Å². The van der Waals surface area contributed by atoms with Gasteiger partial charge in [0.1, 0.15) is 12.1 Å². The van der Waals surface area contributed by atoms with Crippen LogP contribution in [0.1, 0.15) is 143 Å². The van der Waals surface area contributed by atoms with E-state index < -0.39 is 97.1 Å². The lowest BCUT2D eigenvalue weighted by atomic mass is 9.98. The van der Waals surface area contributed by atoms with E-state index >= 15 is 8.78 Å². The topological polar surface area (TPSA) is 219 Å². The van der Waals surface area contributed by atoms with Crippen LogP contribution in [0, 0.1) is 22.7 Å². The van der Waals surface area contributed by atoms with Gasteiger partial charge in [-0.3, -0.25) is 42.4 Å². The third-order valence-electron chi connectivity index (χ3n) is 12.3. The fraction of sp³-hybridized carbons (Fsp3) is 0.608. The zero-order chi connectivity index (χ0) is 52.4. The summed E-state index contributed by atoms with van der Waals surface area (Å²) < 4.78 is 72.0. The van der Waals surface area contributed by atoms with Crippen molar-refractivity contribution in [2.24, 2.45) is 28.4 Å². The minimum Gasteiger partial charge on any atom is -0.438 e. The summed E-state index contributed by atoms with van der Waals surface area (Å²) in [4.78, 5) is 80.1. The number of alkyl halides is 2. The minimum atomic E-state index is -5.57. The Bertz CT molecular complexity index is 2200. The molecule has 1 saturated heterocycles. The zero-order valence-corrected chi connectivity index (χ0v) is 43.3. The average Bonchev–Trinajstić information content (AvgIpc) is 3.95. The number of benzene rings is 2. The Kier molecular flexibility index (Phi) is 20.1. The number of nitrogens with one attached hydrogen (secondary N) is 2. The third kappa shape index (κ3) is 15.7. The van der Waals surface area contributed by atoms with E-state index in [1.807, 2.05) is 38.1 Å². The number of amides is 4. The van der Waals surface area contributed by atoms with Crippen LogP contribution in [0.15, 0.2) is 54.6 Å². The van der Waals surface area contributed by atoms with Crippen LogP contribution in [0.2, 0.25) is 0 Å². The van der Waals surface area contributed by atoms with Crippen LogP contribution in [0.4, 0.5) is 8.78 Å². The van der Waals surface area contributed by atoms with E-state index in [0.717, 1.165) is 30.5 Å². The lowest BCUT2D eigenvalue weighted by Crippen LogP contribution is -2.57. The van der Waals surface area contributed by atoms with Gasteiger partial charge < -0.3 is 35.5 Å². The molecule has 2 fully saturated rings. The molecule has 1 heterocycles. The number of rotatable bonds is 25. The summed E-state index contributed by atoms with van der Waals surface area (Å²) in [6, 6.07) is 10.1. The molecule has 2 aromatic rings. The predicted molar refractivity (Wildman–Crippen MR) is 258 cm³/mol. The summed E-state index contributed by atoms with van der Waals surface area (Å²) >= 11 is 0. The first-order chi connectivity index (χ1) is 32.6. The maximum Gasteiger partial charge on any atom is 0.410 e. The van der Waals surface area contributed by atoms with Crippen molar-refractivity contribution in [2.45, 2.75) is 157 Å². The third-order valence-corrected chi connectivity index (χ3v) is 14.2. The second-order valence-electron chi connectivity index (χ2n) is 20.6. The quantitative estimate of drug-likeness (QED) is 0.0369. The predicted octanol–water partition coefficient (Wildman–Crippen LogP) is 8.46. The molecule has 16 nitrogen and oxygen atoms in total. The minimum absolute atomic E-state index is 0.0115. The first-order valence-electron chi connectivity index (χ1n) is 23.9. The molecule has 4 rings (SSSR count). The Morgan fingerprint density at radius 1 is 0.857 bits per heavy atom. The van der Waals surface area contributed by atoms with E-state index in [9.17, 15) is 33.3 Å². The zero-order valence-electron chi connectivity index (χ0n) is 42.4. The highest BCUT2D eigenvalue weighted by molar-refractivity contribution is 7.54. The van der Waals surface area contributed by atoms with Crippen molar-refractivity contribution in [2.75, 3.05) is 20.1 Å². The van der Waals surface area contributed by atoms with E-state index in [1.54, 1.807) is 6.92 Å². The number of nitrogens with two attached hydrogens (primary N) is 1. The second-order valence-corrected chi connectivity index (χ2v) is 22.7. The molecule has 1 aliphatic heterocycles. The molecule has 388 valence electrons. The SMILES string of the molecule is CCCC[C@H](NC(=O)/C=C(\C)c1ccc(C(F)(F)P(=O)(OCOC(=O)C(C)(C)C)OCOC(=O)C(C)(C)C)cc1)C(=O)N1C[C@H]2C[C@H]2[C@H]1C(=O)N[C@@H](CCC(N)=O)[C@@H](C)OCc1ccc(C(C)C)cc1. The fourth-order valence-corrected chi connectivity index (χ4v) is 8.99. The van der Waals surface area contributed by atoms with Crippen LogP contribution in [0.3, 0.4) is 0 Å². The van der Waals surface area contributed by atoms with E-state index in [1.165, 1.54) is 70.2 Å². The van der Waals surface area contributed by atoms with Crippen LogP contribution in [0.5, 0.6) is 0 Å². The Labute approximate surface area is 411 Å². The number of carbonyl (C=O) groups is 6. The van der Waals surface area contributed by atoms with E-state index in [-0.39, 0.29) is 43.6 Å². The van der Waals surface area contributed by atoms with Gasteiger partial charge in [-0.25, -0.2) is 0 Å². The molecule has 2 aromatic carbocycles. The first-order valence-corrected chi connectivity index (χ1v) is 25.4. The Balaban J connectivity index is 1.47. The normalized spacial score (nSPS) is 18.6. The van der Waals surface area contributed by atoms with Gasteiger partial charge in [0.15, 0.2) is 0 Å². The number of primary amides is 1. The monoisotopic (exact) mass is 1000 g/mol. The Hall–Kier alpha value is -5.03. The van der Waals surface area contributed by atoms with Crippen molar-refractivity contribution in [3.63, 3.8) is 0 Å². The number of piperidine rings is 1. The number of hydrogen-bond acceptors (Lipinski definition) is 12. The summed E-state index contributed by atoms with van der Waals surface area (Å²) in [7, 11) is -5.57. The number of unbranched alkanes of at least 4 members (excludes halogenated alkanes) is 1. The van der Waals surface area contributed by atoms with Crippen molar-refractivity contribution >= 4 is 48.7 Å². The summed E-state index contributed by atoms with van der Waals surface area (Å²) in [6.07, 6.45) is 3.31. The molecule has 0 unspecified atom stereocenters. The number of allylic oxidation sites excluding steroid dienone is 1. The summed E-state index contributed by atoms with van der Waals surface area (Å²) in [6.45, 7) is 17.0. The standard InChI is InChI=1S/C51H73F2N4O12P/c1-12-13-14-41(46(61)57-27-37-26-39(37)44(57)45(60)56-40(23-24-42(54)58)33(5)65-28-34-15-17-35(18-16-34)31(2)3)55-43(59)25-32(4)36-19-21-38(22-20-36)51(52,53)70(64,68-29-66-47(62)49(6,7)8)69-30-67-48(63)50(9,10)11/h15-22,25,31,33,37,39-41,44H,12-14,23-24,26-30H2,1-11H3,(H2,54,58)(H,55,59)(H,56,60)/b32-25+/t33-,37-,39-,40+,41+,44+/m1/s1. The van der Waals surface area contributed by atoms with Crippen LogP contribution < -0.4 is 16.4 Å². The van der Waals surface area contributed by atoms with Gasteiger partial charge in [0, 0.05) is 24.6 Å². The molecule has 19 heteroatoms. The van der Waals surface area contributed by atoms with Gasteiger partial charge >= 0.3 is 25.2 Å². The van der Waals surface area contributed by atoms with Crippen LogP contribution in [0.25, 0.3) is 5.57 Å². The van der Waals surface area contributed by atoms with Gasteiger partial charge in [0.2, 0.25) is 37.2 Å². The second kappa shape index (κ2) is 24.4. The maximum absolute atomic E-state index is 16.1. The number of ether oxygens (including phenoxy) is 3. The van der Waals surface area contributed by atoms with Crippen LogP contribution in [-0.2, 0) is 68.9 Å². The number of esters is 2. The average molecular weight is 1000 g/mol. The highest BCUT2D eigenvalue weighted by Gasteiger charge is 2.58. The van der Waals surface area contributed by atoms with E-state index in [2.05, 4.69) is 24.5 Å². The number of likely N-dealkylation sites (tertiary alicyclic amines) is 1. The van der Waals surface area contributed by atoms with Crippen molar-refractivity contribution in [1.29, 1.82) is 0 Å². The Morgan fingerprint density at radius 2 is 1.43 bits per heavy atom. The van der Waals surface area contributed by atoms with Gasteiger partial charge in [0.05, 0.1) is 29.6 Å². The molecule has 2 aliphatic rings. The van der Waals surface area contributed by atoms with Gasteiger partial charge in [-0.2, -0.15) is 8.78 Å². The van der Waals surface area contributed by atoms with E-state index in [0.29, 0.717) is 30.0 Å². The van der Waals surface area contributed by atoms with E-state index in [4.69, 9.17) is 29.0 Å². The van der Waals surface area contributed by atoms with Crippen molar-refractivity contribution < 1.29 is 65.4 Å². The van der Waals surface area contributed by atoms with Crippen molar-refractivity contribution in [3.8, 4) is 0 Å². The lowest BCUT2D eigenvalue weighted by Gasteiger charge is -2.33. The largest absolute Gasteiger partial charge is 0.438 e. The van der Waals surface area contributed by atoms with Crippen molar-refractivity contribution in [1.82, 2.24) is 15.5 Å². The van der Waals surface area contributed by atoms with Gasteiger partial charge in [-0.1, -0.05) is 82.1 Å². The number of carbonyl (C=O) groups excluding carboxylic acids is 6. The fourth-order valence-electron chi connectivity index (χ4n) is 7.74. The lowest BCUT2D eigenvalue weighted by molar-refractivity contribution is -0.163. The Morgan fingerprint density at radius 3 is 1.94 bits per heavy atom. The van der Waals surface area contributed by atoms with Crippen molar-refractivity contribution in [3.05, 3.63) is 76.9 Å². The molecule has 6 atom stereocenters. The maximum atomic E-state index is 16.1. The smallest absolute Gasteiger partial charge is 0.410 e. The molecule has 0 radical (unpaired) electrons. The van der Waals surface area contributed by atoms with Gasteiger partial charge in [-0.15, -0.1) is 0 Å². The molecule has 4 N–H and O–H groups in total. The first kappa shape index (κ1) is 57.5. The van der Waals surface area contributed by atoms with Gasteiger partial charge in [0.25, 0.3) is 0 Å². The molecular formula is C51H73F2N4O12P. The molecule has 1 aliphatic carbocycles. The summed E-state index contributed by atoms with van der Waals surface area (Å²) in [5.74, 6) is -3.17. The number of nitrogens with zero attached hydrogens (tertiary/aromatic N) is 1. The summed E-state index contributed by atoms with van der Waals surface area (Å²) in [5, 5.41) is 5.88. The molecule has 0 spiro atoms. The number of fused-ring (bicyclic) bond motifs is 1. The molecular weight excluding hydrogens is 930 g/mol. The number of hydrogen-bond donors (Lipinski definition) is 3. The van der Waals surface area contributed by atoms with Crippen LogP contribution >= 0.6 is 7.60 Å². The molecule has 0 bridgehead atoms. The molecule has 0 aromatic heterocycles. The number of halogens is 2. The molecule has 70 heavy (non-hydrogen) atoms. The van der Waals surface area contributed by atoms with Crippen LogP contribution in [-0.4, -0.2) is 84.8 Å². The molecule has 1 saturated carbocycles. The summed E-state index contributed by atoms with van der Waals surface area (Å²) in [5.41, 5.74) is 1.08.